The van der Waals surface area contributed by atoms with Crippen LogP contribution >= 0.6 is 11.3 Å². The van der Waals surface area contributed by atoms with Crippen molar-refractivity contribution in [3.8, 4) is 11.8 Å². The average Bonchev–Trinajstić information content (AvgIpc) is 2.52. The van der Waals surface area contributed by atoms with Gasteiger partial charge in [-0.1, -0.05) is 5.92 Å². The van der Waals surface area contributed by atoms with Gasteiger partial charge in [0.25, 0.3) is 0 Å². The Morgan fingerprint density at radius 1 is 1.64 bits per heavy atom. The van der Waals surface area contributed by atoms with Gasteiger partial charge in [0.15, 0.2) is 0 Å². The lowest BCUT2D eigenvalue weighted by Crippen LogP contribution is -2.21. The Hall–Kier alpha value is -1.87. The maximum absolute atomic E-state index is 10.3. The van der Waals surface area contributed by atoms with Crippen molar-refractivity contribution in [2.45, 2.75) is 6.42 Å². The van der Waals surface area contributed by atoms with Gasteiger partial charge in [-0.05, 0) is 5.92 Å². The van der Waals surface area contributed by atoms with Crippen LogP contribution in [0.15, 0.2) is 5.38 Å². The molecule has 14 heavy (non-hydrogen) atoms. The quantitative estimate of drug-likeness (QED) is 0.654. The molecule has 72 valence electrons. The lowest BCUT2D eigenvalue weighted by molar-refractivity contribution is -0.255. The van der Waals surface area contributed by atoms with E-state index < -0.39 is 11.9 Å². The van der Waals surface area contributed by atoms with Gasteiger partial charge in [-0.2, -0.15) is 0 Å². The van der Waals surface area contributed by atoms with E-state index in [0.717, 1.165) is 11.3 Å². The summed E-state index contributed by atoms with van der Waals surface area (Å²) in [7, 11) is 0. The smallest absolute Gasteiger partial charge is 0.315 e. The number of nitrogens with zero attached hydrogens (tertiary/aromatic N) is 1. The predicted molar refractivity (Wildman–Crippen MR) is 45.6 cm³/mol. The molecule has 1 aromatic rings. The minimum absolute atomic E-state index is 0.162. The normalized spacial score (nSPS) is 8.86. The number of aliphatic carboxylic acids is 1. The van der Waals surface area contributed by atoms with Crippen molar-refractivity contribution in [2.24, 2.45) is 0 Å². The van der Waals surface area contributed by atoms with E-state index in [1.807, 2.05) is 0 Å². The van der Waals surface area contributed by atoms with Crippen molar-refractivity contribution in [3.63, 3.8) is 0 Å². The highest BCUT2D eigenvalue weighted by Crippen LogP contribution is 2.07. The summed E-state index contributed by atoms with van der Waals surface area (Å²) in [6.45, 7) is 0. The molecule has 1 heterocycles. The minimum Gasteiger partial charge on any atom is -0.542 e. The predicted octanol–water partition coefficient (Wildman–Crippen LogP) is -0.667. The third kappa shape index (κ3) is 2.88. The van der Waals surface area contributed by atoms with Crippen LogP contribution in [0.2, 0.25) is 0 Å². The zero-order chi connectivity index (χ0) is 10.6. The van der Waals surface area contributed by atoms with E-state index in [-0.39, 0.29) is 17.1 Å². The van der Waals surface area contributed by atoms with Crippen LogP contribution in [-0.4, -0.2) is 22.0 Å². The molecule has 0 bridgehead atoms. The van der Waals surface area contributed by atoms with Gasteiger partial charge < -0.3 is 15.0 Å². The standard InChI is InChI=1S/C8H5NO4S/c10-6(11)3-1-2-5-4-14-7(9-5)8(12)13/h4H,3H2,(H,10,11)(H,12,13)/p-1. The van der Waals surface area contributed by atoms with Crippen LogP contribution in [0.4, 0.5) is 0 Å². The maximum Gasteiger partial charge on any atom is 0.315 e. The average molecular weight is 210 g/mol. The molecule has 0 fully saturated rings. The molecule has 1 aromatic heterocycles. The van der Waals surface area contributed by atoms with Crippen LogP contribution in [0.1, 0.15) is 21.9 Å². The number of aromatic nitrogens is 1. The van der Waals surface area contributed by atoms with Crippen molar-refractivity contribution in [3.05, 3.63) is 16.1 Å². The summed E-state index contributed by atoms with van der Waals surface area (Å²) in [4.78, 5) is 24.0. The number of carbonyl (C=O) groups excluding carboxylic acids is 1. The molecule has 0 spiro atoms. The molecule has 5 nitrogen and oxygen atoms in total. The van der Waals surface area contributed by atoms with Gasteiger partial charge in [-0.25, -0.2) is 4.98 Å². The lowest BCUT2D eigenvalue weighted by atomic mass is 10.4. The Kier molecular flexibility index (Phi) is 3.20. The summed E-state index contributed by atoms with van der Waals surface area (Å²) < 4.78 is 0. The van der Waals surface area contributed by atoms with E-state index in [4.69, 9.17) is 5.11 Å². The van der Waals surface area contributed by atoms with Gasteiger partial charge >= 0.3 is 5.97 Å². The summed E-state index contributed by atoms with van der Waals surface area (Å²) in [6.07, 6.45) is -0.293. The number of thiazole rings is 1. The van der Waals surface area contributed by atoms with Gasteiger partial charge in [0.1, 0.15) is 23.1 Å². The summed E-state index contributed by atoms with van der Waals surface area (Å²) in [6, 6.07) is 0. The molecule has 6 heteroatoms. The lowest BCUT2D eigenvalue weighted by Gasteiger charge is -1.90. The number of carboxylic acid groups (broad SMARTS) is 2. The third-order valence-corrected chi connectivity index (χ3v) is 1.96. The fraction of sp³-hybridized carbons (Fsp3) is 0.125. The molecule has 0 aliphatic heterocycles. The van der Waals surface area contributed by atoms with E-state index in [1.54, 1.807) is 0 Å². The van der Waals surface area contributed by atoms with Crippen LogP contribution < -0.4 is 5.11 Å². The summed E-state index contributed by atoms with van der Waals surface area (Å²) in [5, 5.41) is 19.8. The van der Waals surface area contributed by atoms with Crippen LogP contribution in [-0.2, 0) is 4.79 Å². The molecule has 0 saturated carbocycles. The van der Waals surface area contributed by atoms with Crippen molar-refractivity contribution < 1.29 is 19.8 Å². The van der Waals surface area contributed by atoms with Crippen LogP contribution in [0.5, 0.6) is 0 Å². The van der Waals surface area contributed by atoms with Crippen LogP contribution in [0.3, 0.4) is 0 Å². The first-order valence-corrected chi connectivity index (χ1v) is 4.35. The van der Waals surface area contributed by atoms with Crippen molar-refractivity contribution in [1.82, 2.24) is 4.98 Å². The topological polar surface area (TPSA) is 90.3 Å². The number of aromatic carboxylic acids is 1. The molecule has 0 amide bonds. The largest absolute Gasteiger partial charge is 0.542 e. The van der Waals surface area contributed by atoms with Gasteiger partial charge in [-0.15, -0.1) is 11.3 Å². The second-order valence-electron chi connectivity index (χ2n) is 2.20. The summed E-state index contributed by atoms with van der Waals surface area (Å²) >= 11 is 0.893. The molecule has 1 N–H and O–H groups in total. The first-order valence-electron chi connectivity index (χ1n) is 3.47. The monoisotopic (exact) mass is 210 g/mol. The fourth-order valence-electron chi connectivity index (χ4n) is 0.635. The summed E-state index contributed by atoms with van der Waals surface area (Å²) in [5.41, 5.74) is 0.246. The Morgan fingerprint density at radius 3 is 2.86 bits per heavy atom. The Bertz CT molecular complexity index is 426. The van der Waals surface area contributed by atoms with Gasteiger partial charge in [0.05, 0.1) is 0 Å². The van der Waals surface area contributed by atoms with E-state index >= 15 is 0 Å². The zero-order valence-corrected chi connectivity index (χ0v) is 7.63. The van der Waals surface area contributed by atoms with Gasteiger partial charge in [-0.3, -0.25) is 4.79 Å². The highest BCUT2D eigenvalue weighted by Gasteiger charge is 1.99. The molecular weight excluding hydrogens is 206 g/mol. The molecule has 0 aliphatic carbocycles. The molecular formula is C8H4NO4S-. The first kappa shape index (κ1) is 10.2. The number of carboxylic acids is 2. The molecule has 0 radical (unpaired) electrons. The highest BCUT2D eigenvalue weighted by atomic mass is 32.1. The highest BCUT2D eigenvalue weighted by molar-refractivity contribution is 7.11. The first-order chi connectivity index (χ1) is 6.59. The Labute approximate surface area is 83.0 Å². The van der Waals surface area contributed by atoms with Crippen LogP contribution in [0, 0.1) is 11.8 Å². The second-order valence-corrected chi connectivity index (χ2v) is 3.06. The van der Waals surface area contributed by atoms with Crippen molar-refractivity contribution in [1.29, 1.82) is 0 Å². The molecule has 0 unspecified atom stereocenters. The van der Waals surface area contributed by atoms with Crippen molar-refractivity contribution in [2.75, 3.05) is 0 Å². The zero-order valence-electron chi connectivity index (χ0n) is 6.81. The second kappa shape index (κ2) is 4.39. The fourth-order valence-corrected chi connectivity index (χ4v) is 1.22. The van der Waals surface area contributed by atoms with E-state index in [2.05, 4.69) is 16.8 Å². The summed E-state index contributed by atoms with van der Waals surface area (Å²) in [5.74, 6) is 2.37. The molecule has 0 aromatic carbocycles. The molecule has 0 atom stereocenters. The minimum atomic E-state index is -1.36. The Morgan fingerprint density at radius 2 is 2.36 bits per heavy atom. The molecule has 0 aliphatic rings. The van der Waals surface area contributed by atoms with Crippen molar-refractivity contribution >= 4 is 23.3 Å². The van der Waals surface area contributed by atoms with Gasteiger partial charge in [0, 0.05) is 5.38 Å². The maximum atomic E-state index is 10.3. The Balaban J connectivity index is 2.71. The number of hydrogen-bond acceptors (Lipinski definition) is 5. The molecule has 1 rings (SSSR count). The third-order valence-electron chi connectivity index (χ3n) is 1.13. The number of rotatable bonds is 2. The number of carbonyl (C=O) groups is 2. The van der Waals surface area contributed by atoms with E-state index in [1.165, 1.54) is 5.38 Å². The van der Waals surface area contributed by atoms with Crippen LogP contribution in [0.25, 0.3) is 0 Å². The SMILES string of the molecule is O=C(O)CC#Cc1csc(C(=O)[O-])n1. The molecule has 0 saturated heterocycles. The van der Waals surface area contributed by atoms with E-state index in [9.17, 15) is 14.7 Å². The number of hydrogen-bond donors (Lipinski definition) is 1. The van der Waals surface area contributed by atoms with Gasteiger partial charge in [0.2, 0.25) is 0 Å². The van der Waals surface area contributed by atoms with E-state index in [0.29, 0.717) is 0 Å².